The van der Waals surface area contributed by atoms with Crippen molar-refractivity contribution in [2.45, 2.75) is 25.7 Å². The van der Waals surface area contributed by atoms with E-state index in [-0.39, 0.29) is 5.91 Å². The Morgan fingerprint density at radius 3 is 2.60 bits per heavy atom. The van der Waals surface area contributed by atoms with Crippen LogP contribution in [0.1, 0.15) is 25.7 Å². The molecule has 0 unspecified atom stereocenters. The van der Waals surface area contributed by atoms with E-state index in [1.807, 2.05) is 24.3 Å². The minimum absolute atomic E-state index is 0.0533. The molecule has 2 aliphatic rings. The second kappa shape index (κ2) is 7.28. The van der Waals surface area contributed by atoms with E-state index >= 15 is 0 Å². The van der Waals surface area contributed by atoms with E-state index in [4.69, 9.17) is 4.74 Å². The molecule has 4 heteroatoms. The van der Waals surface area contributed by atoms with Crippen LogP contribution in [-0.2, 0) is 9.53 Å². The van der Waals surface area contributed by atoms with Crippen LogP contribution >= 0.6 is 0 Å². The Kier molecular flexibility index (Phi) is 4.70. The first-order chi connectivity index (χ1) is 12.3. The van der Waals surface area contributed by atoms with E-state index in [2.05, 4.69) is 28.4 Å². The molecule has 0 spiro atoms. The molecule has 1 aliphatic carbocycles. The van der Waals surface area contributed by atoms with Gasteiger partial charge in [0.2, 0.25) is 0 Å². The normalized spacial score (nSPS) is 18.5. The lowest BCUT2D eigenvalue weighted by Crippen LogP contribution is -2.38. The summed E-state index contributed by atoms with van der Waals surface area (Å²) < 4.78 is 5.47. The molecular formula is C21H24N2O2. The van der Waals surface area contributed by atoms with Crippen LogP contribution < -0.4 is 5.32 Å². The second-order valence-electron chi connectivity index (χ2n) is 6.71. The molecule has 25 heavy (non-hydrogen) atoms. The maximum atomic E-state index is 13.0. The van der Waals surface area contributed by atoms with Crippen LogP contribution in [-0.4, -0.2) is 37.1 Å². The average molecular weight is 336 g/mol. The monoisotopic (exact) mass is 336 g/mol. The number of fused-ring (bicyclic) bond motifs is 1. The highest BCUT2D eigenvalue weighted by Gasteiger charge is 2.24. The zero-order chi connectivity index (χ0) is 17.1. The Labute approximate surface area is 148 Å². The lowest BCUT2D eigenvalue weighted by molar-refractivity contribution is -0.113. The summed E-state index contributed by atoms with van der Waals surface area (Å²) in [6, 6.07) is 14.2. The molecule has 1 heterocycles. The predicted octanol–water partition coefficient (Wildman–Crippen LogP) is 3.94. The number of hydrogen-bond acceptors (Lipinski definition) is 3. The second-order valence-corrected chi connectivity index (χ2v) is 6.71. The van der Waals surface area contributed by atoms with Gasteiger partial charge in [-0.05, 0) is 37.1 Å². The van der Waals surface area contributed by atoms with Crippen LogP contribution in [0.25, 0.3) is 10.8 Å². The zero-order valence-electron chi connectivity index (χ0n) is 14.5. The Morgan fingerprint density at radius 2 is 1.72 bits per heavy atom. The molecule has 2 aromatic rings. The Bertz CT molecular complexity index is 801. The maximum Gasteiger partial charge on any atom is 0.253 e. The van der Waals surface area contributed by atoms with E-state index in [1.165, 1.54) is 5.70 Å². The summed E-state index contributed by atoms with van der Waals surface area (Å²) in [6.45, 7) is 3.28. The summed E-state index contributed by atoms with van der Waals surface area (Å²) >= 11 is 0. The molecule has 1 fully saturated rings. The number of rotatable bonds is 3. The van der Waals surface area contributed by atoms with Crippen LogP contribution in [0.5, 0.6) is 0 Å². The van der Waals surface area contributed by atoms with Crippen molar-refractivity contribution in [2.24, 2.45) is 0 Å². The van der Waals surface area contributed by atoms with Crippen LogP contribution in [0.4, 0.5) is 5.69 Å². The molecule has 130 valence electrons. The third-order valence-corrected chi connectivity index (χ3v) is 5.14. The van der Waals surface area contributed by atoms with Gasteiger partial charge in [-0.25, -0.2) is 0 Å². The van der Waals surface area contributed by atoms with Crippen LogP contribution in [0, 0.1) is 0 Å². The number of morpholine rings is 1. The van der Waals surface area contributed by atoms with Crippen LogP contribution in [0.15, 0.2) is 53.7 Å². The fourth-order valence-corrected chi connectivity index (χ4v) is 3.85. The molecule has 0 radical (unpaired) electrons. The van der Waals surface area contributed by atoms with Crippen molar-refractivity contribution in [3.63, 3.8) is 0 Å². The third-order valence-electron chi connectivity index (χ3n) is 5.14. The van der Waals surface area contributed by atoms with Gasteiger partial charge in [-0.2, -0.15) is 0 Å². The number of nitrogens with one attached hydrogen (secondary N) is 1. The Balaban J connectivity index is 1.62. The van der Waals surface area contributed by atoms with Gasteiger partial charge in [-0.1, -0.05) is 36.4 Å². The third kappa shape index (κ3) is 3.40. The minimum Gasteiger partial charge on any atom is -0.378 e. The van der Waals surface area contributed by atoms with E-state index in [0.29, 0.717) is 0 Å². The number of benzene rings is 2. The molecule has 1 saturated heterocycles. The Hall–Kier alpha value is -2.33. The number of hydrogen-bond donors (Lipinski definition) is 1. The van der Waals surface area contributed by atoms with E-state index in [9.17, 15) is 4.79 Å². The molecular weight excluding hydrogens is 312 g/mol. The number of amides is 1. The van der Waals surface area contributed by atoms with Crippen molar-refractivity contribution in [1.29, 1.82) is 0 Å². The van der Waals surface area contributed by atoms with Gasteiger partial charge < -0.3 is 15.0 Å². The summed E-state index contributed by atoms with van der Waals surface area (Å²) in [4.78, 5) is 15.4. The number of carbonyl (C=O) groups excluding carboxylic acids is 1. The molecule has 0 saturated carbocycles. The van der Waals surface area contributed by atoms with Gasteiger partial charge in [0.25, 0.3) is 5.91 Å². The largest absolute Gasteiger partial charge is 0.378 e. The summed E-state index contributed by atoms with van der Waals surface area (Å²) in [7, 11) is 0. The summed E-state index contributed by atoms with van der Waals surface area (Å²) in [5, 5.41) is 5.40. The van der Waals surface area contributed by atoms with Gasteiger partial charge in [-0.3, -0.25) is 4.79 Å². The standard InChI is InChI=1S/C21H24N2O2/c24-21(22-19-10-5-7-16-6-1-2-8-17(16)19)18-9-3-4-11-20(18)23-12-14-25-15-13-23/h1-2,5-8,10H,3-4,9,11-15H2,(H,22,24). The van der Waals surface area contributed by atoms with E-state index in [0.717, 1.165) is 74.0 Å². The van der Waals surface area contributed by atoms with Gasteiger partial charge in [0.1, 0.15) is 0 Å². The smallest absolute Gasteiger partial charge is 0.253 e. The van der Waals surface area contributed by atoms with Gasteiger partial charge in [-0.15, -0.1) is 0 Å². The van der Waals surface area contributed by atoms with E-state index in [1.54, 1.807) is 0 Å². The zero-order valence-corrected chi connectivity index (χ0v) is 14.5. The van der Waals surface area contributed by atoms with Crippen molar-refractivity contribution in [3.8, 4) is 0 Å². The fraction of sp³-hybridized carbons (Fsp3) is 0.381. The first-order valence-electron chi connectivity index (χ1n) is 9.17. The number of carbonyl (C=O) groups is 1. The van der Waals surface area contributed by atoms with Crippen molar-refractivity contribution >= 4 is 22.4 Å². The highest BCUT2D eigenvalue weighted by atomic mass is 16.5. The average Bonchev–Trinajstić information content (AvgIpc) is 2.69. The lowest BCUT2D eigenvalue weighted by Gasteiger charge is -2.34. The molecule has 0 aromatic heterocycles. The Morgan fingerprint density at radius 1 is 0.960 bits per heavy atom. The van der Waals surface area contributed by atoms with Gasteiger partial charge in [0.15, 0.2) is 0 Å². The predicted molar refractivity (Wildman–Crippen MR) is 100 cm³/mol. The van der Waals surface area contributed by atoms with Crippen molar-refractivity contribution in [1.82, 2.24) is 4.90 Å². The summed E-state index contributed by atoms with van der Waals surface area (Å²) in [6.07, 6.45) is 4.12. The quantitative estimate of drug-likeness (QED) is 0.923. The number of ether oxygens (including phenoxy) is 1. The molecule has 1 N–H and O–H groups in total. The number of nitrogens with zero attached hydrogens (tertiary/aromatic N) is 1. The topological polar surface area (TPSA) is 41.6 Å². The summed E-state index contributed by atoms with van der Waals surface area (Å²) in [5.74, 6) is 0.0533. The van der Waals surface area contributed by atoms with Crippen LogP contribution in [0.3, 0.4) is 0 Å². The molecule has 1 aliphatic heterocycles. The lowest BCUT2D eigenvalue weighted by atomic mass is 9.94. The first-order valence-corrected chi connectivity index (χ1v) is 9.17. The SMILES string of the molecule is O=C(Nc1cccc2ccccc12)C1=C(N2CCOCC2)CCCC1. The highest BCUT2D eigenvalue weighted by molar-refractivity contribution is 6.09. The molecule has 1 amide bonds. The minimum atomic E-state index is 0.0533. The molecule has 4 rings (SSSR count). The molecule has 4 nitrogen and oxygen atoms in total. The fourth-order valence-electron chi connectivity index (χ4n) is 3.85. The van der Waals surface area contributed by atoms with Gasteiger partial charge in [0.05, 0.1) is 13.2 Å². The van der Waals surface area contributed by atoms with Gasteiger partial charge >= 0.3 is 0 Å². The number of anilines is 1. The van der Waals surface area contributed by atoms with Crippen molar-refractivity contribution in [3.05, 3.63) is 53.7 Å². The molecule has 0 bridgehead atoms. The summed E-state index contributed by atoms with van der Waals surface area (Å²) in [5.41, 5.74) is 3.08. The highest BCUT2D eigenvalue weighted by Crippen LogP contribution is 2.30. The first kappa shape index (κ1) is 16.2. The van der Waals surface area contributed by atoms with E-state index < -0.39 is 0 Å². The molecule has 2 aromatic carbocycles. The van der Waals surface area contributed by atoms with Gasteiger partial charge in [0, 0.05) is 35.4 Å². The number of allylic oxidation sites excluding steroid dienone is 1. The maximum absolute atomic E-state index is 13.0. The molecule has 0 atom stereocenters. The van der Waals surface area contributed by atoms with Crippen molar-refractivity contribution in [2.75, 3.05) is 31.6 Å². The van der Waals surface area contributed by atoms with Crippen LogP contribution in [0.2, 0.25) is 0 Å². The van der Waals surface area contributed by atoms with Crippen molar-refractivity contribution < 1.29 is 9.53 Å².